The Bertz CT molecular complexity index is 227. The Hall–Kier alpha value is -1.39. The number of carboxylic acids is 1. The van der Waals surface area contributed by atoms with Gasteiger partial charge in [-0.1, -0.05) is 0 Å². The number of carbonyl (C=O) groups is 3. The van der Waals surface area contributed by atoms with Crippen LogP contribution in [0.3, 0.4) is 0 Å². The van der Waals surface area contributed by atoms with Crippen molar-refractivity contribution in [3.63, 3.8) is 0 Å². The van der Waals surface area contributed by atoms with E-state index in [1.165, 1.54) is 0 Å². The van der Waals surface area contributed by atoms with Crippen molar-refractivity contribution in [1.82, 2.24) is 5.32 Å². The molecule has 1 amide bonds. The molecule has 0 aromatic carbocycles. The molecule has 0 radical (unpaired) electrons. The van der Waals surface area contributed by atoms with E-state index in [2.05, 4.69) is 5.32 Å². The number of rotatable bonds is 8. The van der Waals surface area contributed by atoms with Gasteiger partial charge in [-0.3, -0.25) is 9.59 Å². The van der Waals surface area contributed by atoms with Crippen molar-refractivity contribution < 1.29 is 19.5 Å². The van der Waals surface area contributed by atoms with Gasteiger partial charge in [-0.2, -0.15) is 0 Å². The minimum Gasteiger partial charge on any atom is -0.481 e. The fourth-order valence-corrected chi connectivity index (χ4v) is 1.11. The van der Waals surface area contributed by atoms with E-state index >= 15 is 0 Å². The Morgan fingerprint density at radius 2 is 2.07 bits per heavy atom. The van der Waals surface area contributed by atoms with Crippen molar-refractivity contribution in [3.8, 4) is 0 Å². The fourth-order valence-electron chi connectivity index (χ4n) is 1.11. The Morgan fingerprint density at radius 3 is 2.60 bits per heavy atom. The predicted octanol–water partition coefficient (Wildman–Crippen LogP) is 0.725. The quantitative estimate of drug-likeness (QED) is 0.461. The molecule has 1 atom stereocenters. The highest BCUT2D eigenvalue weighted by atomic mass is 16.4. The molecule has 0 spiro atoms. The molecular formula is C10H17NO4. The highest BCUT2D eigenvalue weighted by molar-refractivity contribution is 5.76. The van der Waals surface area contributed by atoms with Crippen LogP contribution in [0.5, 0.6) is 0 Å². The molecule has 2 N–H and O–H groups in total. The zero-order valence-electron chi connectivity index (χ0n) is 8.86. The maximum Gasteiger partial charge on any atom is 0.303 e. The Morgan fingerprint density at radius 1 is 1.40 bits per heavy atom. The summed E-state index contributed by atoms with van der Waals surface area (Å²) >= 11 is 0. The second kappa shape index (κ2) is 7.96. The van der Waals surface area contributed by atoms with Gasteiger partial charge in [0, 0.05) is 25.3 Å². The molecule has 1 unspecified atom stereocenters. The minimum absolute atomic E-state index is 0.0514. The van der Waals surface area contributed by atoms with E-state index in [4.69, 9.17) is 5.11 Å². The fraction of sp³-hybridized carbons (Fsp3) is 0.700. The summed E-state index contributed by atoms with van der Waals surface area (Å²) in [5.74, 6) is -0.994. The van der Waals surface area contributed by atoms with Crippen LogP contribution < -0.4 is 5.32 Å². The van der Waals surface area contributed by atoms with E-state index in [1.807, 2.05) is 0 Å². The SMILES string of the molecule is CC(CCC(=O)O)NC(=O)CCCC=O. The predicted molar refractivity (Wildman–Crippen MR) is 54.4 cm³/mol. The van der Waals surface area contributed by atoms with Crippen molar-refractivity contribution >= 4 is 18.2 Å². The maximum atomic E-state index is 11.2. The third kappa shape index (κ3) is 8.93. The molecule has 0 aromatic heterocycles. The Labute approximate surface area is 88.9 Å². The third-order valence-corrected chi connectivity index (χ3v) is 1.92. The summed E-state index contributed by atoms with van der Waals surface area (Å²) in [5, 5.41) is 11.1. The first-order valence-electron chi connectivity index (χ1n) is 5.01. The molecule has 86 valence electrons. The van der Waals surface area contributed by atoms with Gasteiger partial charge < -0.3 is 15.2 Å². The Balaban J connectivity index is 3.57. The van der Waals surface area contributed by atoms with E-state index in [9.17, 15) is 14.4 Å². The van der Waals surface area contributed by atoms with E-state index < -0.39 is 5.97 Å². The van der Waals surface area contributed by atoms with Crippen LogP contribution in [0.1, 0.15) is 39.0 Å². The van der Waals surface area contributed by atoms with E-state index in [0.717, 1.165) is 6.29 Å². The van der Waals surface area contributed by atoms with Gasteiger partial charge in [0.2, 0.25) is 5.91 Å². The van der Waals surface area contributed by atoms with E-state index in [1.54, 1.807) is 6.92 Å². The third-order valence-electron chi connectivity index (χ3n) is 1.92. The first-order chi connectivity index (χ1) is 7.06. The summed E-state index contributed by atoms with van der Waals surface area (Å²) in [7, 11) is 0. The number of hydrogen-bond donors (Lipinski definition) is 2. The van der Waals surface area contributed by atoms with Crippen LogP contribution in [0.15, 0.2) is 0 Å². The molecule has 5 nitrogen and oxygen atoms in total. The van der Waals surface area contributed by atoms with Crippen molar-refractivity contribution in [2.75, 3.05) is 0 Å². The lowest BCUT2D eigenvalue weighted by Crippen LogP contribution is -2.32. The van der Waals surface area contributed by atoms with Gasteiger partial charge in [0.1, 0.15) is 6.29 Å². The summed E-state index contributed by atoms with van der Waals surface area (Å²) in [6.45, 7) is 1.76. The van der Waals surface area contributed by atoms with Crippen molar-refractivity contribution in [2.45, 2.75) is 45.1 Å². The number of carbonyl (C=O) groups excluding carboxylic acids is 2. The molecule has 15 heavy (non-hydrogen) atoms. The number of aldehydes is 1. The lowest BCUT2D eigenvalue weighted by atomic mass is 10.1. The first-order valence-corrected chi connectivity index (χ1v) is 5.01. The van der Waals surface area contributed by atoms with Crippen LogP contribution in [0.25, 0.3) is 0 Å². The molecule has 0 aliphatic heterocycles. The summed E-state index contributed by atoms with van der Waals surface area (Å²) in [6.07, 6.45) is 2.50. The van der Waals surface area contributed by atoms with Gasteiger partial charge >= 0.3 is 5.97 Å². The molecule has 0 saturated carbocycles. The molecule has 0 saturated heterocycles. The number of aliphatic carboxylic acids is 1. The molecule has 5 heteroatoms. The van der Waals surface area contributed by atoms with E-state index in [0.29, 0.717) is 25.7 Å². The van der Waals surface area contributed by atoms with Crippen molar-refractivity contribution in [1.29, 1.82) is 0 Å². The second-order valence-corrected chi connectivity index (χ2v) is 3.46. The highest BCUT2D eigenvalue weighted by Gasteiger charge is 2.08. The molecule has 0 bridgehead atoms. The summed E-state index contributed by atoms with van der Waals surface area (Å²) in [5.41, 5.74) is 0. The monoisotopic (exact) mass is 215 g/mol. The van der Waals surface area contributed by atoms with Crippen LogP contribution in [0, 0.1) is 0 Å². The van der Waals surface area contributed by atoms with E-state index in [-0.39, 0.29) is 18.4 Å². The summed E-state index contributed by atoms with van der Waals surface area (Å²) < 4.78 is 0. The number of unbranched alkanes of at least 4 members (excludes halogenated alkanes) is 1. The number of hydrogen-bond acceptors (Lipinski definition) is 3. The lowest BCUT2D eigenvalue weighted by molar-refractivity contribution is -0.137. The number of nitrogens with one attached hydrogen (secondary N) is 1. The normalized spacial score (nSPS) is 11.8. The molecule has 0 heterocycles. The van der Waals surface area contributed by atoms with Gasteiger partial charge in [0.25, 0.3) is 0 Å². The zero-order chi connectivity index (χ0) is 11.7. The van der Waals surface area contributed by atoms with Crippen LogP contribution in [0.2, 0.25) is 0 Å². The smallest absolute Gasteiger partial charge is 0.303 e. The van der Waals surface area contributed by atoms with Crippen LogP contribution in [0.4, 0.5) is 0 Å². The zero-order valence-corrected chi connectivity index (χ0v) is 8.86. The van der Waals surface area contributed by atoms with Crippen molar-refractivity contribution in [2.24, 2.45) is 0 Å². The molecule has 0 aliphatic carbocycles. The summed E-state index contributed by atoms with van der Waals surface area (Å²) in [4.78, 5) is 31.4. The van der Waals surface area contributed by atoms with Crippen LogP contribution >= 0.6 is 0 Å². The van der Waals surface area contributed by atoms with Gasteiger partial charge in [0.05, 0.1) is 0 Å². The number of carboxylic acid groups (broad SMARTS) is 1. The second-order valence-electron chi connectivity index (χ2n) is 3.46. The standard InChI is InChI=1S/C10H17NO4/c1-8(5-6-10(14)15)11-9(13)4-2-3-7-12/h7-8H,2-6H2,1H3,(H,11,13)(H,14,15). The molecule has 0 aromatic rings. The van der Waals surface area contributed by atoms with Crippen LogP contribution in [-0.4, -0.2) is 29.3 Å². The first kappa shape index (κ1) is 13.6. The molecular weight excluding hydrogens is 198 g/mol. The summed E-state index contributed by atoms with van der Waals surface area (Å²) in [6, 6.07) is -0.134. The van der Waals surface area contributed by atoms with Gasteiger partial charge in [0.15, 0.2) is 0 Å². The molecule has 0 rings (SSSR count). The topological polar surface area (TPSA) is 83.5 Å². The van der Waals surface area contributed by atoms with Gasteiger partial charge in [-0.25, -0.2) is 0 Å². The molecule has 0 aliphatic rings. The Kier molecular flexibility index (Phi) is 7.23. The van der Waals surface area contributed by atoms with Gasteiger partial charge in [-0.15, -0.1) is 0 Å². The maximum absolute atomic E-state index is 11.2. The van der Waals surface area contributed by atoms with Crippen molar-refractivity contribution in [3.05, 3.63) is 0 Å². The molecule has 0 fully saturated rings. The largest absolute Gasteiger partial charge is 0.481 e. The minimum atomic E-state index is -0.864. The highest BCUT2D eigenvalue weighted by Crippen LogP contribution is 1.98. The average molecular weight is 215 g/mol. The average Bonchev–Trinajstić information content (AvgIpc) is 2.15. The number of amides is 1. The lowest BCUT2D eigenvalue weighted by Gasteiger charge is -2.12. The van der Waals surface area contributed by atoms with Gasteiger partial charge in [-0.05, 0) is 19.8 Å². The van der Waals surface area contributed by atoms with Crippen LogP contribution in [-0.2, 0) is 14.4 Å².